The second kappa shape index (κ2) is 8.01. The van der Waals surface area contributed by atoms with Crippen molar-refractivity contribution in [2.75, 3.05) is 10.8 Å². The lowest BCUT2D eigenvalue weighted by molar-refractivity contribution is -0.128. The van der Waals surface area contributed by atoms with Gasteiger partial charge in [-0.15, -0.1) is 0 Å². The van der Waals surface area contributed by atoms with Gasteiger partial charge in [-0.2, -0.15) is 0 Å². The number of carbonyl (C=O) groups is 1. The molecule has 8 heteroatoms. The number of amides is 1. The van der Waals surface area contributed by atoms with Crippen molar-refractivity contribution in [1.29, 1.82) is 0 Å². The van der Waals surface area contributed by atoms with Crippen LogP contribution in [0.15, 0.2) is 47.4 Å². The fraction of sp³-hybridized carbons (Fsp3) is 0.350. The standard InChI is InChI=1S/C20H23ClN2O4S/c1-4-14(3)22-20(24)19-12-23(17-11-15(21)7-10-18(17)27-19)28(25,26)16-8-5-13(2)6-9-16/h5-11,14,19H,4,12H2,1-3H3,(H,22,24). The van der Waals surface area contributed by atoms with E-state index in [9.17, 15) is 13.2 Å². The molecule has 3 rings (SSSR count). The molecule has 0 bridgehead atoms. The summed E-state index contributed by atoms with van der Waals surface area (Å²) in [5.41, 5.74) is 1.27. The molecule has 2 aromatic rings. The van der Waals surface area contributed by atoms with Crippen molar-refractivity contribution in [2.24, 2.45) is 0 Å². The van der Waals surface area contributed by atoms with Gasteiger partial charge in [0, 0.05) is 11.1 Å². The minimum Gasteiger partial charge on any atom is -0.476 e. The number of ether oxygens (including phenoxy) is 1. The molecule has 0 aliphatic carbocycles. The van der Waals surface area contributed by atoms with E-state index >= 15 is 0 Å². The van der Waals surface area contributed by atoms with Crippen LogP contribution in [0.5, 0.6) is 5.75 Å². The van der Waals surface area contributed by atoms with Gasteiger partial charge in [0.15, 0.2) is 6.10 Å². The molecular formula is C20H23ClN2O4S. The highest BCUT2D eigenvalue weighted by Gasteiger charge is 2.37. The Balaban J connectivity index is 2.02. The number of fused-ring (bicyclic) bond motifs is 1. The first kappa shape index (κ1) is 20.5. The van der Waals surface area contributed by atoms with Gasteiger partial charge in [-0.25, -0.2) is 8.42 Å². The lowest BCUT2D eigenvalue weighted by Gasteiger charge is -2.35. The third-order valence-electron chi connectivity index (χ3n) is 4.69. The fourth-order valence-electron chi connectivity index (χ4n) is 2.86. The summed E-state index contributed by atoms with van der Waals surface area (Å²) in [5.74, 6) is -0.0466. The normalized spacial score (nSPS) is 17.4. The van der Waals surface area contributed by atoms with Crippen molar-refractivity contribution < 1.29 is 17.9 Å². The van der Waals surface area contributed by atoms with Crippen LogP contribution < -0.4 is 14.4 Å². The minimum atomic E-state index is -3.89. The van der Waals surface area contributed by atoms with Gasteiger partial charge < -0.3 is 10.1 Å². The van der Waals surface area contributed by atoms with Crippen molar-refractivity contribution in [3.63, 3.8) is 0 Å². The maximum absolute atomic E-state index is 13.3. The summed E-state index contributed by atoms with van der Waals surface area (Å²) in [6, 6.07) is 11.3. The number of nitrogens with zero attached hydrogens (tertiary/aromatic N) is 1. The molecule has 0 saturated carbocycles. The van der Waals surface area contributed by atoms with E-state index in [0.29, 0.717) is 16.5 Å². The van der Waals surface area contributed by atoms with Crippen LogP contribution in [0.25, 0.3) is 0 Å². The summed E-state index contributed by atoms with van der Waals surface area (Å²) < 4.78 is 33.6. The summed E-state index contributed by atoms with van der Waals surface area (Å²) in [7, 11) is -3.89. The predicted octanol–water partition coefficient (Wildman–Crippen LogP) is 3.52. The van der Waals surface area contributed by atoms with Crippen LogP contribution in [0.1, 0.15) is 25.8 Å². The molecule has 0 radical (unpaired) electrons. The molecule has 2 atom stereocenters. The first-order valence-electron chi connectivity index (χ1n) is 9.08. The highest BCUT2D eigenvalue weighted by Crippen LogP contribution is 2.38. The number of carbonyl (C=O) groups excluding carboxylic acids is 1. The number of sulfonamides is 1. The fourth-order valence-corrected chi connectivity index (χ4v) is 4.50. The Bertz CT molecular complexity index is 976. The zero-order chi connectivity index (χ0) is 20.5. The van der Waals surface area contributed by atoms with Gasteiger partial charge in [0.25, 0.3) is 15.9 Å². The van der Waals surface area contributed by atoms with Gasteiger partial charge >= 0.3 is 0 Å². The molecule has 150 valence electrons. The van der Waals surface area contributed by atoms with E-state index in [1.807, 2.05) is 20.8 Å². The summed E-state index contributed by atoms with van der Waals surface area (Å²) in [6.45, 7) is 5.59. The van der Waals surface area contributed by atoms with Crippen LogP contribution in [-0.4, -0.2) is 33.0 Å². The molecule has 1 aliphatic heterocycles. The van der Waals surface area contributed by atoms with Gasteiger partial charge in [-0.3, -0.25) is 9.10 Å². The van der Waals surface area contributed by atoms with Gasteiger partial charge in [-0.1, -0.05) is 36.2 Å². The third-order valence-corrected chi connectivity index (χ3v) is 6.72. The van der Waals surface area contributed by atoms with Gasteiger partial charge in [0.05, 0.1) is 17.1 Å². The van der Waals surface area contributed by atoms with Crippen LogP contribution in [0.2, 0.25) is 5.02 Å². The molecule has 0 saturated heterocycles. The van der Waals surface area contributed by atoms with E-state index in [2.05, 4.69) is 5.32 Å². The molecule has 0 fully saturated rings. The van der Waals surface area contributed by atoms with Crippen molar-refractivity contribution in [3.8, 4) is 5.75 Å². The van der Waals surface area contributed by atoms with Gasteiger partial charge in [0.1, 0.15) is 5.75 Å². The molecule has 0 spiro atoms. The van der Waals surface area contributed by atoms with Crippen LogP contribution in [-0.2, 0) is 14.8 Å². The lowest BCUT2D eigenvalue weighted by Crippen LogP contribution is -2.52. The van der Waals surface area contributed by atoms with Crippen molar-refractivity contribution >= 4 is 33.2 Å². The predicted molar refractivity (Wildman–Crippen MR) is 109 cm³/mol. The molecule has 0 aromatic heterocycles. The van der Waals surface area contributed by atoms with Crippen LogP contribution in [0.3, 0.4) is 0 Å². The number of hydrogen-bond donors (Lipinski definition) is 1. The largest absolute Gasteiger partial charge is 0.476 e. The lowest BCUT2D eigenvalue weighted by atomic mass is 10.2. The average molecular weight is 423 g/mol. The molecular weight excluding hydrogens is 400 g/mol. The Morgan fingerprint density at radius 3 is 2.61 bits per heavy atom. The Kier molecular flexibility index (Phi) is 5.86. The zero-order valence-corrected chi connectivity index (χ0v) is 17.5. The number of anilines is 1. The molecule has 2 aromatic carbocycles. The Morgan fingerprint density at radius 2 is 1.96 bits per heavy atom. The van der Waals surface area contributed by atoms with Crippen molar-refractivity contribution in [1.82, 2.24) is 5.32 Å². The molecule has 1 aliphatic rings. The molecule has 2 unspecified atom stereocenters. The number of halogens is 1. The minimum absolute atomic E-state index is 0.0372. The van der Waals surface area contributed by atoms with E-state index in [1.54, 1.807) is 36.4 Å². The van der Waals surface area contributed by atoms with Crippen molar-refractivity contribution in [3.05, 3.63) is 53.1 Å². The number of benzene rings is 2. The first-order chi connectivity index (χ1) is 13.2. The van der Waals surface area contributed by atoms with E-state index in [0.717, 1.165) is 12.0 Å². The molecule has 1 amide bonds. The molecule has 28 heavy (non-hydrogen) atoms. The van der Waals surface area contributed by atoms with Crippen molar-refractivity contribution in [2.45, 2.75) is 44.2 Å². The van der Waals surface area contributed by atoms with Crippen LogP contribution in [0.4, 0.5) is 5.69 Å². The Morgan fingerprint density at radius 1 is 1.29 bits per heavy atom. The third kappa shape index (κ3) is 4.10. The summed E-state index contributed by atoms with van der Waals surface area (Å²) in [5, 5.41) is 3.23. The van der Waals surface area contributed by atoms with E-state index < -0.39 is 16.1 Å². The summed E-state index contributed by atoms with van der Waals surface area (Å²) in [6.07, 6.45) is -0.196. The summed E-state index contributed by atoms with van der Waals surface area (Å²) >= 11 is 6.09. The monoisotopic (exact) mass is 422 g/mol. The van der Waals surface area contributed by atoms with E-state index in [4.69, 9.17) is 16.3 Å². The number of rotatable bonds is 5. The number of hydrogen-bond acceptors (Lipinski definition) is 4. The highest BCUT2D eigenvalue weighted by atomic mass is 35.5. The van der Waals surface area contributed by atoms with E-state index in [-0.39, 0.29) is 23.4 Å². The maximum Gasteiger partial charge on any atom is 0.264 e. The Hall–Kier alpha value is -2.25. The maximum atomic E-state index is 13.3. The quantitative estimate of drug-likeness (QED) is 0.799. The molecule has 1 N–H and O–H groups in total. The number of nitrogens with one attached hydrogen (secondary N) is 1. The van der Waals surface area contributed by atoms with Crippen LogP contribution >= 0.6 is 11.6 Å². The first-order valence-corrected chi connectivity index (χ1v) is 10.9. The van der Waals surface area contributed by atoms with Crippen LogP contribution in [0, 0.1) is 6.92 Å². The Labute approximate surface area is 170 Å². The smallest absolute Gasteiger partial charge is 0.264 e. The number of aryl methyl sites for hydroxylation is 1. The van der Waals surface area contributed by atoms with Gasteiger partial charge in [0.2, 0.25) is 0 Å². The van der Waals surface area contributed by atoms with E-state index in [1.165, 1.54) is 10.4 Å². The molecule has 1 heterocycles. The summed E-state index contributed by atoms with van der Waals surface area (Å²) in [4.78, 5) is 12.8. The molecule has 6 nitrogen and oxygen atoms in total. The van der Waals surface area contributed by atoms with Gasteiger partial charge in [-0.05, 0) is 50.6 Å². The highest BCUT2D eigenvalue weighted by molar-refractivity contribution is 7.92. The second-order valence-corrected chi connectivity index (χ2v) is 9.18. The average Bonchev–Trinajstić information content (AvgIpc) is 2.67. The SMILES string of the molecule is CCC(C)NC(=O)C1CN(S(=O)(=O)c2ccc(C)cc2)c2cc(Cl)ccc2O1. The zero-order valence-electron chi connectivity index (χ0n) is 16.0. The second-order valence-electron chi connectivity index (χ2n) is 6.89. The topological polar surface area (TPSA) is 75.7 Å².